The lowest BCUT2D eigenvalue weighted by Gasteiger charge is -2.13. The molecule has 0 bridgehead atoms. The molecular weight excluding hydrogens is 274 g/mol. The Labute approximate surface area is 103 Å². The van der Waals surface area contributed by atoms with Gasteiger partial charge in [-0.05, 0) is 35.3 Å². The van der Waals surface area contributed by atoms with Crippen LogP contribution in [0.2, 0.25) is 0 Å². The molecule has 15 heavy (non-hydrogen) atoms. The summed E-state index contributed by atoms with van der Waals surface area (Å²) >= 11 is 4.95. The van der Waals surface area contributed by atoms with E-state index >= 15 is 0 Å². The van der Waals surface area contributed by atoms with Crippen LogP contribution >= 0.6 is 27.3 Å². The molecule has 0 aliphatic heterocycles. The summed E-state index contributed by atoms with van der Waals surface area (Å²) in [7, 11) is 0. The van der Waals surface area contributed by atoms with E-state index in [9.17, 15) is 5.11 Å². The minimum absolute atomic E-state index is 0.292. The Kier molecular flexibility index (Phi) is 4.78. The van der Waals surface area contributed by atoms with Crippen molar-refractivity contribution < 1.29 is 5.11 Å². The number of thiophene rings is 1. The third-order valence-corrected chi connectivity index (χ3v) is 4.52. The van der Waals surface area contributed by atoms with Crippen LogP contribution < -0.4 is 0 Å². The van der Waals surface area contributed by atoms with E-state index in [1.165, 1.54) is 0 Å². The number of hydrogen-bond acceptors (Lipinski definition) is 3. The predicted molar refractivity (Wildman–Crippen MR) is 65.7 cm³/mol. The fraction of sp³-hybridized carbons (Fsp3) is 0.545. The Morgan fingerprint density at radius 3 is 2.73 bits per heavy atom. The molecule has 0 radical (unpaired) electrons. The molecule has 1 heterocycles. The number of rotatable bonds is 4. The van der Waals surface area contributed by atoms with Gasteiger partial charge in [0.15, 0.2) is 0 Å². The smallest absolute Gasteiger partial charge is 0.104 e. The lowest BCUT2D eigenvalue weighted by atomic mass is 9.98. The summed E-state index contributed by atoms with van der Waals surface area (Å²) in [6, 6.07) is 4.08. The zero-order chi connectivity index (χ0) is 11.4. The van der Waals surface area contributed by atoms with Gasteiger partial charge in [0.25, 0.3) is 0 Å². The van der Waals surface area contributed by atoms with Gasteiger partial charge in [-0.1, -0.05) is 13.3 Å². The molecule has 0 aliphatic rings. The molecule has 2 unspecified atom stereocenters. The predicted octanol–water partition coefficient (Wildman–Crippen LogP) is 3.79. The van der Waals surface area contributed by atoms with Gasteiger partial charge in [0.1, 0.15) is 6.10 Å². The number of nitrogens with zero attached hydrogens (tertiary/aromatic N) is 1. The first-order valence-electron chi connectivity index (χ1n) is 4.93. The quantitative estimate of drug-likeness (QED) is 0.916. The fourth-order valence-electron chi connectivity index (χ4n) is 1.43. The number of aliphatic hydroxyl groups excluding tert-OH is 1. The Bertz CT molecular complexity index is 350. The molecule has 0 amide bonds. The highest BCUT2D eigenvalue weighted by molar-refractivity contribution is 9.10. The zero-order valence-corrected chi connectivity index (χ0v) is 11.2. The monoisotopic (exact) mass is 287 g/mol. The van der Waals surface area contributed by atoms with E-state index in [2.05, 4.69) is 22.0 Å². The molecule has 0 spiro atoms. The van der Waals surface area contributed by atoms with E-state index in [0.717, 1.165) is 27.1 Å². The molecule has 0 saturated heterocycles. The van der Waals surface area contributed by atoms with Crippen molar-refractivity contribution in [2.45, 2.75) is 32.8 Å². The van der Waals surface area contributed by atoms with E-state index in [1.807, 2.05) is 19.9 Å². The lowest BCUT2D eigenvalue weighted by molar-refractivity contribution is 0.133. The van der Waals surface area contributed by atoms with Crippen LogP contribution in [0.1, 0.15) is 35.6 Å². The number of halogens is 1. The van der Waals surface area contributed by atoms with Crippen LogP contribution in [0.25, 0.3) is 0 Å². The van der Waals surface area contributed by atoms with Crippen molar-refractivity contribution >= 4 is 27.3 Å². The second kappa shape index (κ2) is 5.64. The van der Waals surface area contributed by atoms with Crippen LogP contribution in [0.4, 0.5) is 0 Å². The van der Waals surface area contributed by atoms with Crippen LogP contribution in [0.5, 0.6) is 0 Å². The number of aryl methyl sites for hydroxylation is 1. The molecule has 1 rings (SSSR count). The summed E-state index contributed by atoms with van der Waals surface area (Å²) in [6.07, 6.45) is 1.01. The first-order valence-corrected chi connectivity index (χ1v) is 6.54. The van der Waals surface area contributed by atoms with Gasteiger partial charge in [-0.25, -0.2) is 0 Å². The van der Waals surface area contributed by atoms with E-state index in [1.54, 1.807) is 11.3 Å². The molecule has 2 nitrogen and oxygen atoms in total. The van der Waals surface area contributed by atoms with Gasteiger partial charge in [0.05, 0.1) is 12.0 Å². The van der Waals surface area contributed by atoms with Gasteiger partial charge in [0, 0.05) is 14.2 Å². The third-order valence-electron chi connectivity index (χ3n) is 2.31. The van der Waals surface area contributed by atoms with Crippen LogP contribution in [0.15, 0.2) is 10.5 Å². The van der Waals surface area contributed by atoms with Gasteiger partial charge in [-0.2, -0.15) is 5.26 Å². The number of nitriles is 1. The Hall–Kier alpha value is -0.370. The normalized spacial score (nSPS) is 14.6. The molecule has 82 valence electrons. The summed E-state index contributed by atoms with van der Waals surface area (Å²) in [6.45, 7) is 4.01. The molecule has 1 N–H and O–H groups in total. The van der Waals surface area contributed by atoms with Gasteiger partial charge in [-0.3, -0.25) is 0 Å². The largest absolute Gasteiger partial charge is 0.386 e. The van der Waals surface area contributed by atoms with Crippen molar-refractivity contribution in [3.63, 3.8) is 0 Å². The minimum atomic E-state index is -0.648. The fourth-order valence-corrected chi connectivity index (χ4v) is 3.04. The van der Waals surface area contributed by atoms with Gasteiger partial charge in [0.2, 0.25) is 0 Å². The molecular formula is C11H14BrNOS. The summed E-state index contributed by atoms with van der Waals surface area (Å²) < 4.78 is 1.01. The van der Waals surface area contributed by atoms with Crippen LogP contribution in [-0.4, -0.2) is 5.11 Å². The molecule has 0 aliphatic carbocycles. The second-order valence-electron chi connectivity index (χ2n) is 3.52. The number of hydrogen-bond donors (Lipinski definition) is 1. The lowest BCUT2D eigenvalue weighted by Crippen LogP contribution is -2.09. The maximum Gasteiger partial charge on any atom is 0.104 e. The topological polar surface area (TPSA) is 44.0 Å². The molecule has 1 aromatic rings. The molecule has 0 fully saturated rings. The van der Waals surface area contributed by atoms with Crippen molar-refractivity contribution in [1.29, 1.82) is 5.26 Å². The highest BCUT2D eigenvalue weighted by Crippen LogP contribution is 2.34. The van der Waals surface area contributed by atoms with Crippen molar-refractivity contribution in [1.82, 2.24) is 0 Å². The van der Waals surface area contributed by atoms with Crippen LogP contribution in [0, 0.1) is 24.2 Å². The van der Waals surface area contributed by atoms with Crippen molar-refractivity contribution in [2.75, 3.05) is 0 Å². The third kappa shape index (κ3) is 3.04. The average molecular weight is 288 g/mol. The highest BCUT2D eigenvalue weighted by Gasteiger charge is 2.22. The first-order chi connectivity index (χ1) is 7.10. The Balaban J connectivity index is 2.83. The Morgan fingerprint density at radius 2 is 2.33 bits per heavy atom. The zero-order valence-electron chi connectivity index (χ0n) is 8.83. The van der Waals surface area contributed by atoms with E-state index in [0.29, 0.717) is 0 Å². The van der Waals surface area contributed by atoms with Gasteiger partial charge >= 0.3 is 0 Å². The summed E-state index contributed by atoms with van der Waals surface area (Å²) in [5, 5.41) is 19.0. The molecule has 2 atom stereocenters. The highest BCUT2D eigenvalue weighted by atomic mass is 79.9. The second-order valence-corrected chi connectivity index (χ2v) is 5.66. The summed E-state index contributed by atoms with van der Waals surface area (Å²) in [5.74, 6) is -0.292. The summed E-state index contributed by atoms with van der Waals surface area (Å²) in [4.78, 5) is 2.01. The van der Waals surface area contributed by atoms with Crippen molar-refractivity contribution in [3.05, 3.63) is 20.3 Å². The minimum Gasteiger partial charge on any atom is -0.386 e. The maximum absolute atomic E-state index is 10.0. The number of aliphatic hydroxyl groups is 1. The van der Waals surface area contributed by atoms with Crippen molar-refractivity contribution in [3.8, 4) is 6.07 Å². The Morgan fingerprint density at radius 1 is 1.67 bits per heavy atom. The van der Waals surface area contributed by atoms with Gasteiger partial charge < -0.3 is 5.11 Å². The molecule has 0 saturated carbocycles. The van der Waals surface area contributed by atoms with E-state index in [4.69, 9.17) is 5.26 Å². The first kappa shape index (κ1) is 12.7. The van der Waals surface area contributed by atoms with Gasteiger partial charge in [-0.15, -0.1) is 11.3 Å². The SMILES string of the molecule is CCCC(C#N)C(O)c1cc(Br)c(C)s1. The van der Waals surface area contributed by atoms with Crippen LogP contribution in [-0.2, 0) is 0 Å². The van der Waals surface area contributed by atoms with Crippen LogP contribution in [0.3, 0.4) is 0 Å². The summed E-state index contributed by atoms with van der Waals surface area (Å²) in [5.41, 5.74) is 0. The average Bonchev–Trinajstić information content (AvgIpc) is 2.55. The van der Waals surface area contributed by atoms with Crippen molar-refractivity contribution in [2.24, 2.45) is 5.92 Å². The van der Waals surface area contributed by atoms with E-state index < -0.39 is 6.10 Å². The molecule has 0 aromatic carbocycles. The van der Waals surface area contributed by atoms with E-state index in [-0.39, 0.29) is 5.92 Å². The molecule has 1 aromatic heterocycles. The maximum atomic E-state index is 10.0. The molecule has 4 heteroatoms. The standard InChI is InChI=1S/C11H14BrNOS/c1-3-4-8(6-13)11(14)10-5-9(12)7(2)15-10/h5,8,11,14H,3-4H2,1-2H3.